The highest BCUT2D eigenvalue weighted by Gasteiger charge is 2.36. The number of anilines is 1. The fraction of sp³-hybridized carbons (Fsp3) is 0.429. The second-order valence-corrected chi connectivity index (χ2v) is 5.85. The zero-order valence-corrected chi connectivity index (χ0v) is 9.77. The molecule has 8 heteroatoms. The lowest BCUT2D eigenvalue weighted by molar-refractivity contribution is 0.600. The number of nitrogens with one attached hydrogen (secondary N) is 1. The summed E-state index contributed by atoms with van der Waals surface area (Å²) in [5.41, 5.74) is 0.0488. The van der Waals surface area contributed by atoms with E-state index in [0.29, 0.717) is 12.8 Å². The van der Waals surface area contributed by atoms with Crippen molar-refractivity contribution in [2.45, 2.75) is 18.1 Å². The number of halogens is 2. The first-order valence-corrected chi connectivity index (χ1v) is 6.48. The van der Waals surface area contributed by atoms with Gasteiger partial charge in [0.2, 0.25) is 10.0 Å². The summed E-state index contributed by atoms with van der Waals surface area (Å²) in [5, 5.41) is -0.344. The van der Waals surface area contributed by atoms with Gasteiger partial charge in [-0.25, -0.2) is 18.4 Å². The van der Waals surface area contributed by atoms with Gasteiger partial charge in [-0.3, -0.25) is 4.72 Å². The molecular weight excluding hydrogens is 261 g/mol. The molecule has 15 heavy (non-hydrogen) atoms. The van der Waals surface area contributed by atoms with Crippen LogP contribution in [0.5, 0.6) is 0 Å². The van der Waals surface area contributed by atoms with Crippen LogP contribution < -0.4 is 4.72 Å². The Labute approximate surface area is 96.9 Å². The largest absolute Gasteiger partial charge is 0.277 e. The normalized spacial score (nSPS) is 16.4. The molecule has 82 valence electrons. The zero-order valence-electron chi connectivity index (χ0n) is 7.44. The van der Waals surface area contributed by atoms with Gasteiger partial charge in [0, 0.05) is 0 Å². The number of hydrogen-bond donors (Lipinski definition) is 1. The second-order valence-electron chi connectivity index (χ2n) is 3.18. The Morgan fingerprint density at radius 3 is 2.27 bits per heavy atom. The number of sulfonamides is 1. The SMILES string of the molecule is O=S(=O)(Nc1c(Cl)ncnc1Cl)C1CC1. The first-order chi connectivity index (χ1) is 7.00. The summed E-state index contributed by atoms with van der Waals surface area (Å²) in [4.78, 5) is 7.29. The molecule has 1 aromatic heterocycles. The molecule has 1 aliphatic rings. The molecule has 1 heterocycles. The lowest BCUT2D eigenvalue weighted by Gasteiger charge is -2.08. The fourth-order valence-corrected chi connectivity index (χ4v) is 2.96. The van der Waals surface area contributed by atoms with Gasteiger partial charge >= 0.3 is 0 Å². The van der Waals surface area contributed by atoms with Gasteiger partial charge < -0.3 is 0 Å². The van der Waals surface area contributed by atoms with E-state index in [0.717, 1.165) is 0 Å². The molecule has 0 saturated heterocycles. The van der Waals surface area contributed by atoms with Crippen molar-refractivity contribution in [1.29, 1.82) is 0 Å². The van der Waals surface area contributed by atoms with Crippen LogP contribution in [0.4, 0.5) is 5.69 Å². The van der Waals surface area contributed by atoms with Crippen LogP contribution in [0.15, 0.2) is 6.33 Å². The first kappa shape index (κ1) is 10.9. The molecule has 0 radical (unpaired) electrons. The first-order valence-electron chi connectivity index (χ1n) is 4.18. The molecule has 1 saturated carbocycles. The minimum atomic E-state index is -3.38. The van der Waals surface area contributed by atoms with Crippen LogP contribution >= 0.6 is 23.2 Å². The Balaban J connectivity index is 2.31. The maximum atomic E-state index is 11.6. The third-order valence-corrected chi connectivity index (χ3v) is 4.37. The highest BCUT2D eigenvalue weighted by atomic mass is 35.5. The molecule has 2 rings (SSSR count). The summed E-state index contributed by atoms with van der Waals surface area (Å²) in [6, 6.07) is 0. The monoisotopic (exact) mass is 267 g/mol. The molecule has 0 bridgehead atoms. The molecule has 1 N–H and O–H groups in total. The van der Waals surface area contributed by atoms with Gasteiger partial charge in [-0.15, -0.1) is 0 Å². The quantitative estimate of drug-likeness (QED) is 0.846. The Morgan fingerprint density at radius 2 is 1.80 bits per heavy atom. The maximum Gasteiger partial charge on any atom is 0.235 e. The smallest absolute Gasteiger partial charge is 0.235 e. The van der Waals surface area contributed by atoms with Gasteiger partial charge in [0.1, 0.15) is 12.0 Å². The zero-order chi connectivity index (χ0) is 11.1. The summed E-state index contributed by atoms with van der Waals surface area (Å²) in [6.07, 6.45) is 2.50. The van der Waals surface area contributed by atoms with Gasteiger partial charge in [-0.05, 0) is 12.8 Å². The average molecular weight is 268 g/mol. The fourth-order valence-electron chi connectivity index (χ4n) is 1.03. The van der Waals surface area contributed by atoms with E-state index >= 15 is 0 Å². The summed E-state index contributed by atoms with van der Waals surface area (Å²) in [6.45, 7) is 0. The number of rotatable bonds is 3. The minimum absolute atomic E-state index is 0.000718. The lowest BCUT2D eigenvalue weighted by atomic mass is 10.6. The minimum Gasteiger partial charge on any atom is -0.277 e. The van der Waals surface area contributed by atoms with Gasteiger partial charge in [0.25, 0.3) is 0 Å². The van der Waals surface area contributed by atoms with Crippen molar-refractivity contribution in [3.63, 3.8) is 0 Å². The molecule has 0 unspecified atom stereocenters. The third kappa shape index (κ3) is 2.32. The Hall–Kier alpha value is -0.590. The van der Waals surface area contributed by atoms with Gasteiger partial charge in [-0.1, -0.05) is 23.2 Å². The second kappa shape index (κ2) is 3.77. The summed E-state index contributed by atoms with van der Waals surface area (Å²) in [5.74, 6) is 0. The van der Waals surface area contributed by atoms with Gasteiger partial charge in [0.15, 0.2) is 10.3 Å². The Kier molecular flexibility index (Phi) is 2.74. The van der Waals surface area contributed by atoms with Crippen LogP contribution in [-0.2, 0) is 10.0 Å². The van der Waals surface area contributed by atoms with Gasteiger partial charge in [0.05, 0.1) is 5.25 Å². The van der Waals surface area contributed by atoms with Gasteiger partial charge in [-0.2, -0.15) is 0 Å². The van der Waals surface area contributed by atoms with Crippen molar-refractivity contribution in [2.75, 3.05) is 4.72 Å². The standard InChI is InChI=1S/C7H7Cl2N3O2S/c8-6-5(7(9)11-3-10-6)12-15(13,14)4-1-2-4/h3-4,12H,1-2H2. The van der Waals surface area contributed by atoms with Crippen molar-refractivity contribution in [3.05, 3.63) is 16.6 Å². The number of nitrogens with zero attached hydrogens (tertiary/aromatic N) is 2. The van der Waals surface area contributed by atoms with Crippen LogP contribution in [0.1, 0.15) is 12.8 Å². The maximum absolute atomic E-state index is 11.6. The third-order valence-electron chi connectivity index (χ3n) is 1.96. The molecule has 0 amide bonds. The van der Waals surface area contributed by atoms with E-state index in [1.807, 2.05) is 0 Å². The summed E-state index contributed by atoms with van der Waals surface area (Å²) >= 11 is 11.4. The van der Waals surface area contributed by atoms with E-state index in [2.05, 4.69) is 14.7 Å². The van der Waals surface area contributed by atoms with E-state index in [9.17, 15) is 8.42 Å². The number of hydrogen-bond acceptors (Lipinski definition) is 4. The molecule has 1 aliphatic carbocycles. The van der Waals surface area contributed by atoms with E-state index in [1.165, 1.54) is 6.33 Å². The van der Waals surface area contributed by atoms with Crippen LogP contribution in [0.3, 0.4) is 0 Å². The van der Waals surface area contributed by atoms with Crippen LogP contribution in [-0.4, -0.2) is 23.6 Å². The molecule has 1 fully saturated rings. The van der Waals surface area contributed by atoms with Crippen molar-refractivity contribution in [3.8, 4) is 0 Å². The van der Waals surface area contributed by atoms with Crippen molar-refractivity contribution in [1.82, 2.24) is 9.97 Å². The van der Waals surface area contributed by atoms with E-state index in [1.54, 1.807) is 0 Å². The van der Waals surface area contributed by atoms with Crippen molar-refractivity contribution < 1.29 is 8.42 Å². The molecule has 5 nitrogen and oxygen atoms in total. The lowest BCUT2D eigenvalue weighted by Crippen LogP contribution is -2.18. The highest BCUT2D eigenvalue weighted by molar-refractivity contribution is 7.93. The van der Waals surface area contributed by atoms with Crippen LogP contribution in [0.2, 0.25) is 10.3 Å². The van der Waals surface area contributed by atoms with E-state index < -0.39 is 10.0 Å². The predicted molar refractivity (Wildman–Crippen MR) is 57.6 cm³/mol. The average Bonchev–Trinajstić information content (AvgIpc) is 2.94. The van der Waals surface area contributed by atoms with E-state index in [4.69, 9.17) is 23.2 Å². The highest BCUT2D eigenvalue weighted by Crippen LogP contribution is 2.33. The topological polar surface area (TPSA) is 72.0 Å². The van der Waals surface area contributed by atoms with Crippen molar-refractivity contribution in [2.24, 2.45) is 0 Å². The van der Waals surface area contributed by atoms with Crippen LogP contribution in [0, 0.1) is 0 Å². The summed E-state index contributed by atoms with van der Waals surface area (Å²) in [7, 11) is -3.38. The van der Waals surface area contributed by atoms with E-state index in [-0.39, 0.29) is 21.2 Å². The molecule has 0 aliphatic heterocycles. The molecule has 0 aromatic carbocycles. The molecule has 0 atom stereocenters. The Bertz CT molecular complexity index is 467. The molecular formula is C7H7Cl2N3O2S. The molecule has 1 aromatic rings. The number of aromatic nitrogens is 2. The van der Waals surface area contributed by atoms with Crippen molar-refractivity contribution >= 4 is 38.9 Å². The Morgan fingerprint density at radius 1 is 1.27 bits per heavy atom. The molecule has 0 spiro atoms. The van der Waals surface area contributed by atoms with Crippen LogP contribution in [0.25, 0.3) is 0 Å². The summed E-state index contributed by atoms with van der Waals surface area (Å²) < 4.78 is 25.5. The predicted octanol–water partition coefficient (Wildman–Crippen LogP) is 1.69.